The summed E-state index contributed by atoms with van der Waals surface area (Å²) in [5, 5.41) is -0.629. The van der Waals surface area contributed by atoms with Gasteiger partial charge >= 0.3 is 15.6 Å². The van der Waals surface area contributed by atoms with Crippen LogP contribution in [-0.2, 0) is 14.0 Å². The van der Waals surface area contributed by atoms with Crippen LogP contribution in [0.4, 0.5) is 13.2 Å². The molecule has 0 saturated carbocycles. The minimum atomic E-state index is -5.59. The van der Waals surface area contributed by atoms with Crippen LogP contribution in [0.25, 0.3) is 0 Å². The Bertz CT molecular complexity index is 431. The van der Waals surface area contributed by atoms with Crippen molar-refractivity contribution in [1.29, 1.82) is 0 Å². The Morgan fingerprint density at radius 1 is 1.00 bits per heavy atom. The summed E-state index contributed by atoms with van der Waals surface area (Å²) in [4.78, 5) is 0. The Morgan fingerprint density at radius 3 is 1.52 bits per heavy atom. The Morgan fingerprint density at radius 2 is 1.33 bits per heavy atom. The smallest absolute Gasteiger partial charge is 0.307 e. The van der Waals surface area contributed by atoms with Gasteiger partial charge in [-0.25, -0.2) is 0 Å². The van der Waals surface area contributed by atoms with Crippen LogP contribution in [0.5, 0.6) is 0 Å². The number of halogens is 3. The van der Waals surface area contributed by atoms with Crippen molar-refractivity contribution in [3.63, 3.8) is 0 Å². The van der Waals surface area contributed by atoms with E-state index >= 15 is 0 Å². The Labute approximate surface area is 127 Å². The van der Waals surface area contributed by atoms with Crippen LogP contribution in [0, 0.1) is 0 Å². The number of hydrogen-bond donors (Lipinski definition) is 0. The first-order valence-corrected chi connectivity index (χ1v) is 10.7. The van der Waals surface area contributed by atoms with Crippen molar-refractivity contribution < 1.29 is 25.5 Å². The number of hydrogen-bond acceptors (Lipinski definition) is 3. The Balaban J connectivity index is 6.18. The number of alkyl halides is 3. The molecule has 0 aliphatic rings. The van der Waals surface area contributed by atoms with Crippen LogP contribution in [0.3, 0.4) is 0 Å². The zero-order valence-electron chi connectivity index (χ0n) is 13.8. The van der Waals surface area contributed by atoms with Gasteiger partial charge in [0.15, 0.2) is 0 Å². The summed E-state index contributed by atoms with van der Waals surface area (Å²) in [7, 11) is -8.84. The lowest BCUT2D eigenvalue weighted by atomic mass is 10.2. The zero-order chi connectivity index (χ0) is 17.3. The van der Waals surface area contributed by atoms with Crippen LogP contribution >= 0.6 is 0 Å². The van der Waals surface area contributed by atoms with Crippen LogP contribution in [0.1, 0.15) is 61.3 Å². The summed E-state index contributed by atoms with van der Waals surface area (Å²) in [5.74, 6) is 0. The quantitative estimate of drug-likeness (QED) is 0.489. The molecule has 2 atom stereocenters. The molecule has 0 N–H and O–H groups in total. The van der Waals surface area contributed by atoms with Gasteiger partial charge < -0.3 is 3.87 Å². The monoisotopic (exact) mass is 348 g/mol. The standard InChI is InChI=1S/C13H27F3O3SSi/c1-8-10(3)21(11(4)9-2,12(5,6)7)19-20(17,18)13(14,15)16/h10-11H,8-9H2,1-7H3. The van der Waals surface area contributed by atoms with Crippen molar-refractivity contribution >= 4 is 18.4 Å². The zero-order valence-corrected chi connectivity index (χ0v) is 15.7. The maximum Gasteiger partial charge on any atom is 0.522 e. The van der Waals surface area contributed by atoms with E-state index in [0.29, 0.717) is 12.8 Å². The first-order chi connectivity index (χ1) is 9.17. The molecule has 21 heavy (non-hydrogen) atoms. The van der Waals surface area contributed by atoms with Crippen LogP contribution in [0.2, 0.25) is 16.1 Å². The second-order valence-corrected chi connectivity index (χ2v) is 13.7. The lowest BCUT2D eigenvalue weighted by Crippen LogP contribution is -2.56. The fourth-order valence-corrected chi connectivity index (χ4v) is 12.4. The molecule has 0 aromatic heterocycles. The second kappa shape index (κ2) is 6.58. The summed E-state index contributed by atoms with van der Waals surface area (Å²) in [6, 6.07) is 0. The predicted molar refractivity (Wildman–Crippen MR) is 81.0 cm³/mol. The fourth-order valence-electron chi connectivity index (χ4n) is 3.09. The summed E-state index contributed by atoms with van der Waals surface area (Å²) in [6.45, 7) is 12.6. The minimum Gasteiger partial charge on any atom is -0.307 e. The fraction of sp³-hybridized carbons (Fsp3) is 1.00. The SMILES string of the molecule is CCC(C)[Si](OS(=O)(=O)C(F)(F)F)(C(C)CC)C(C)(C)C. The van der Waals surface area contributed by atoms with E-state index in [1.165, 1.54) is 0 Å². The highest BCUT2D eigenvalue weighted by Gasteiger charge is 2.60. The summed E-state index contributed by atoms with van der Waals surface area (Å²) in [5.41, 5.74) is -5.79. The molecule has 3 nitrogen and oxygen atoms in total. The summed E-state index contributed by atoms with van der Waals surface area (Å²) in [6.07, 6.45) is 1.17. The van der Waals surface area contributed by atoms with Crippen molar-refractivity contribution in [2.24, 2.45) is 0 Å². The Hall–Kier alpha value is -0.0831. The molecule has 0 amide bonds. The Kier molecular flexibility index (Phi) is 6.55. The van der Waals surface area contributed by atoms with Crippen LogP contribution in [-0.4, -0.2) is 22.2 Å². The lowest BCUT2D eigenvalue weighted by Gasteiger charge is -2.48. The van der Waals surface area contributed by atoms with Gasteiger partial charge in [-0.3, -0.25) is 0 Å². The van der Waals surface area contributed by atoms with Gasteiger partial charge in [0, 0.05) is 0 Å². The van der Waals surface area contributed by atoms with E-state index in [4.69, 9.17) is 3.87 Å². The first kappa shape index (κ1) is 20.9. The molecule has 8 heteroatoms. The van der Waals surface area contributed by atoms with E-state index in [-0.39, 0.29) is 11.1 Å². The van der Waals surface area contributed by atoms with E-state index in [2.05, 4.69) is 0 Å². The third kappa shape index (κ3) is 4.01. The highest BCUT2D eigenvalue weighted by Crippen LogP contribution is 2.54. The maximum atomic E-state index is 12.8. The van der Waals surface area contributed by atoms with Crippen LogP contribution < -0.4 is 0 Å². The largest absolute Gasteiger partial charge is 0.522 e. The van der Waals surface area contributed by atoms with Gasteiger partial charge in [-0.2, -0.15) is 21.6 Å². The van der Waals surface area contributed by atoms with E-state index in [9.17, 15) is 21.6 Å². The van der Waals surface area contributed by atoms with E-state index in [1.807, 2.05) is 13.8 Å². The van der Waals surface area contributed by atoms with Crippen molar-refractivity contribution in [2.75, 3.05) is 0 Å². The molecular formula is C13H27F3O3SSi. The van der Waals surface area contributed by atoms with E-state index in [0.717, 1.165) is 0 Å². The van der Waals surface area contributed by atoms with Crippen LogP contribution in [0.15, 0.2) is 0 Å². The lowest BCUT2D eigenvalue weighted by molar-refractivity contribution is -0.0507. The van der Waals surface area contributed by atoms with Crippen molar-refractivity contribution in [2.45, 2.75) is 82.9 Å². The number of rotatable bonds is 6. The van der Waals surface area contributed by atoms with Crippen molar-refractivity contribution in [3.8, 4) is 0 Å². The van der Waals surface area contributed by atoms with Crippen molar-refractivity contribution in [1.82, 2.24) is 0 Å². The predicted octanol–water partition coefficient (Wildman–Crippen LogP) is 5.20. The van der Waals surface area contributed by atoms with Gasteiger partial charge in [0.05, 0.1) is 0 Å². The molecule has 0 aromatic rings. The topological polar surface area (TPSA) is 43.4 Å². The first-order valence-electron chi connectivity index (χ1n) is 7.19. The van der Waals surface area contributed by atoms with Gasteiger partial charge in [0.25, 0.3) is 0 Å². The molecule has 0 aromatic carbocycles. The molecule has 0 bridgehead atoms. The van der Waals surface area contributed by atoms with Gasteiger partial charge in [-0.05, 0) is 16.1 Å². The molecule has 0 saturated heterocycles. The molecular weight excluding hydrogens is 321 g/mol. The molecule has 2 unspecified atom stereocenters. The molecule has 0 radical (unpaired) electrons. The summed E-state index contributed by atoms with van der Waals surface area (Å²) >= 11 is 0. The van der Waals surface area contributed by atoms with E-state index in [1.54, 1.807) is 34.6 Å². The normalized spacial score (nSPS) is 19.9. The van der Waals surface area contributed by atoms with Gasteiger partial charge in [0.1, 0.15) is 0 Å². The van der Waals surface area contributed by atoms with Gasteiger partial charge in [-0.15, -0.1) is 0 Å². The second-order valence-electron chi connectivity index (χ2n) is 6.64. The molecule has 0 rings (SSSR count). The average Bonchev–Trinajstić information content (AvgIpc) is 2.30. The maximum absolute atomic E-state index is 12.8. The molecule has 0 spiro atoms. The molecule has 128 valence electrons. The highest BCUT2D eigenvalue weighted by atomic mass is 32.2. The average molecular weight is 349 g/mol. The van der Waals surface area contributed by atoms with Gasteiger partial charge in [-0.1, -0.05) is 61.3 Å². The van der Waals surface area contributed by atoms with Gasteiger partial charge in [0.2, 0.25) is 8.32 Å². The molecule has 0 heterocycles. The van der Waals surface area contributed by atoms with E-state index < -0.39 is 29.0 Å². The summed E-state index contributed by atoms with van der Waals surface area (Å²) < 4.78 is 66.7. The molecule has 0 aliphatic heterocycles. The highest BCUT2D eigenvalue weighted by molar-refractivity contribution is 7.88. The van der Waals surface area contributed by atoms with Crippen molar-refractivity contribution in [3.05, 3.63) is 0 Å². The molecule has 0 aliphatic carbocycles. The minimum absolute atomic E-state index is 0.204. The molecule has 0 fully saturated rings. The third-order valence-corrected chi connectivity index (χ3v) is 13.0. The third-order valence-electron chi connectivity index (χ3n) is 4.39.